The smallest absolute Gasteiger partial charge is 0.230 e. The number of imidazole rings is 1. The summed E-state index contributed by atoms with van der Waals surface area (Å²) in [7, 11) is 3.70. The summed E-state index contributed by atoms with van der Waals surface area (Å²) in [4.78, 5) is 18.4. The van der Waals surface area contributed by atoms with Crippen LogP contribution in [0.1, 0.15) is 33.5 Å². The Morgan fingerprint density at radius 2 is 2.00 bits per heavy atom. The summed E-state index contributed by atoms with van der Waals surface area (Å²) in [6.45, 7) is 8.00. The molecule has 1 aromatic heterocycles. The summed E-state index contributed by atoms with van der Waals surface area (Å²) in [5.41, 5.74) is 4.90. The van der Waals surface area contributed by atoms with Crippen molar-refractivity contribution >= 4 is 5.91 Å². The van der Waals surface area contributed by atoms with Gasteiger partial charge >= 0.3 is 0 Å². The van der Waals surface area contributed by atoms with Crippen LogP contribution in [0.25, 0.3) is 0 Å². The van der Waals surface area contributed by atoms with Gasteiger partial charge in [-0.1, -0.05) is 0 Å². The first kappa shape index (κ1) is 14.7. The zero-order valence-electron chi connectivity index (χ0n) is 12.2. The lowest BCUT2D eigenvalue weighted by molar-refractivity contribution is -0.142. The highest BCUT2D eigenvalue weighted by Crippen LogP contribution is 2.30. The lowest BCUT2D eigenvalue weighted by Gasteiger charge is -2.39. The molecule has 0 aliphatic heterocycles. The maximum absolute atomic E-state index is 12.5. The second kappa shape index (κ2) is 4.72. The molecular formula is C13H24N4O. The quantitative estimate of drug-likeness (QED) is 0.874. The number of aromatic nitrogens is 2. The van der Waals surface area contributed by atoms with Gasteiger partial charge in [-0.15, -0.1) is 0 Å². The summed E-state index contributed by atoms with van der Waals surface area (Å²) >= 11 is 0. The molecule has 0 aromatic carbocycles. The van der Waals surface area contributed by atoms with Crippen LogP contribution in [0.2, 0.25) is 0 Å². The van der Waals surface area contributed by atoms with Gasteiger partial charge in [0.2, 0.25) is 5.91 Å². The van der Waals surface area contributed by atoms with Crippen molar-refractivity contribution < 1.29 is 4.79 Å². The number of aryl methyl sites for hydroxylation is 1. The first-order valence-electron chi connectivity index (χ1n) is 6.08. The van der Waals surface area contributed by atoms with E-state index in [1.165, 1.54) is 0 Å². The van der Waals surface area contributed by atoms with E-state index in [0.717, 1.165) is 5.82 Å². The van der Waals surface area contributed by atoms with Gasteiger partial charge in [-0.05, 0) is 27.7 Å². The molecule has 1 aromatic rings. The topological polar surface area (TPSA) is 64.2 Å². The largest absolute Gasteiger partial charge is 0.338 e. The third-order valence-corrected chi connectivity index (χ3v) is 3.79. The Hall–Kier alpha value is -1.36. The van der Waals surface area contributed by atoms with Gasteiger partial charge in [-0.25, -0.2) is 4.98 Å². The maximum atomic E-state index is 12.5. The highest BCUT2D eigenvalue weighted by molar-refractivity contribution is 5.83. The molecule has 1 amide bonds. The van der Waals surface area contributed by atoms with Gasteiger partial charge < -0.3 is 15.2 Å². The molecule has 0 bridgehead atoms. The minimum atomic E-state index is -0.618. The summed E-state index contributed by atoms with van der Waals surface area (Å²) in [5, 5.41) is 0. The van der Waals surface area contributed by atoms with Gasteiger partial charge in [0.05, 0.1) is 12.0 Å². The zero-order chi connectivity index (χ0) is 14.1. The van der Waals surface area contributed by atoms with Gasteiger partial charge in [0.15, 0.2) is 0 Å². The molecule has 2 N–H and O–H groups in total. The SMILES string of the molecule is CN(Cc1nccn1C)C(=O)C(C)(C)C(C)(C)N. The normalized spacial score (nSPS) is 12.6. The van der Waals surface area contributed by atoms with Crippen molar-refractivity contribution in [1.82, 2.24) is 14.5 Å². The van der Waals surface area contributed by atoms with Crippen LogP contribution in [-0.4, -0.2) is 32.9 Å². The molecule has 18 heavy (non-hydrogen) atoms. The number of rotatable bonds is 4. The van der Waals surface area contributed by atoms with Crippen molar-refractivity contribution in [3.8, 4) is 0 Å². The van der Waals surface area contributed by atoms with E-state index in [9.17, 15) is 4.79 Å². The van der Waals surface area contributed by atoms with E-state index >= 15 is 0 Å². The van der Waals surface area contributed by atoms with Crippen LogP contribution in [0.4, 0.5) is 0 Å². The molecule has 0 atom stereocenters. The number of hydrogen-bond acceptors (Lipinski definition) is 3. The summed E-state index contributed by atoms with van der Waals surface area (Å²) < 4.78 is 1.91. The average molecular weight is 252 g/mol. The Morgan fingerprint density at radius 3 is 2.39 bits per heavy atom. The van der Waals surface area contributed by atoms with Crippen molar-refractivity contribution in [3.05, 3.63) is 18.2 Å². The Balaban J connectivity index is 2.83. The lowest BCUT2D eigenvalue weighted by Crippen LogP contribution is -2.55. The molecule has 0 aliphatic rings. The first-order chi connectivity index (χ1) is 8.07. The molecule has 5 heteroatoms. The number of nitrogens with zero attached hydrogens (tertiary/aromatic N) is 3. The third-order valence-electron chi connectivity index (χ3n) is 3.79. The monoisotopic (exact) mass is 252 g/mol. The second-order valence-electron chi connectivity index (χ2n) is 5.96. The summed E-state index contributed by atoms with van der Waals surface area (Å²) in [6.07, 6.45) is 3.59. The molecule has 0 radical (unpaired) electrons. The maximum Gasteiger partial charge on any atom is 0.230 e. The van der Waals surface area contributed by atoms with Crippen molar-refractivity contribution in [1.29, 1.82) is 0 Å². The van der Waals surface area contributed by atoms with Crippen LogP contribution < -0.4 is 5.73 Å². The standard InChI is InChI=1S/C13H24N4O/c1-12(2,13(3,4)14)11(18)17(6)9-10-15-7-8-16(10)5/h7-8H,9,14H2,1-6H3. The Kier molecular flexibility index (Phi) is 3.86. The van der Waals surface area contributed by atoms with Crippen LogP contribution in [-0.2, 0) is 18.4 Å². The molecule has 0 saturated heterocycles. The van der Waals surface area contributed by atoms with E-state index in [0.29, 0.717) is 6.54 Å². The van der Waals surface area contributed by atoms with Gasteiger partial charge in [-0.2, -0.15) is 0 Å². The molecule has 102 valence electrons. The highest BCUT2D eigenvalue weighted by atomic mass is 16.2. The first-order valence-corrected chi connectivity index (χ1v) is 6.08. The molecule has 5 nitrogen and oxygen atoms in total. The Bertz CT molecular complexity index is 428. The Labute approximate surface area is 109 Å². The second-order valence-corrected chi connectivity index (χ2v) is 5.96. The molecule has 0 unspecified atom stereocenters. The van der Waals surface area contributed by atoms with Crippen LogP contribution in [0.5, 0.6) is 0 Å². The number of carbonyl (C=O) groups excluding carboxylic acids is 1. The molecule has 0 fully saturated rings. The van der Waals surface area contributed by atoms with Gasteiger partial charge in [-0.3, -0.25) is 4.79 Å². The molecule has 1 rings (SSSR count). The molecule has 0 saturated carbocycles. The van der Waals surface area contributed by atoms with Crippen molar-refractivity contribution in [2.45, 2.75) is 39.8 Å². The molecule has 0 spiro atoms. The van der Waals surface area contributed by atoms with Gasteiger partial charge in [0, 0.05) is 32.0 Å². The fourth-order valence-corrected chi connectivity index (χ4v) is 1.59. The fourth-order valence-electron chi connectivity index (χ4n) is 1.59. The van der Waals surface area contributed by atoms with Crippen LogP contribution in [0.15, 0.2) is 12.4 Å². The van der Waals surface area contributed by atoms with Crippen molar-refractivity contribution in [3.63, 3.8) is 0 Å². The lowest BCUT2D eigenvalue weighted by atomic mass is 9.74. The van der Waals surface area contributed by atoms with E-state index in [-0.39, 0.29) is 5.91 Å². The Morgan fingerprint density at radius 1 is 1.44 bits per heavy atom. The number of carbonyl (C=O) groups is 1. The van der Waals surface area contributed by atoms with E-state index in [1.54, 1.807) is 18.1 Å². The predicted molar refractivity (Wildman–Crippen MR) is 71.7 cm³/mol. The van der Waals surface area contributed by atoms with Crippen molar-refractivity contribution in [2.75, 3.05) is 7.05 Å². The van der Waals surface area contributed by atoms with E-state index in [1.807, 2.05) is 45.5 Å². The van der Waals surface area contributed by atoms with Crippen molar-refractivity contribution in [2.24, 2.45) is 18.2 Å². The summed E-state index contributed by atoms with van der Waals surface area (Å²) in [6, 6.07) is 0. The van der Waals surface area contributed by atoms with E-state index in [4.69, 9.17) is 5.73 Å². The van der Waals surface area contributed by atoms with Crippen LogP contribution in [0, 0.1) is 5.41 Å². The van der Waals surface area contributed by atoms with Crippen LogP contribution >= 0.6 is 0 Å². The molecular weight excluding hydrogens is 228 g/mol. The van der Waals surface area contributed by atoms with Gasteiger partial charge in [0.25, 0.3) is 0 Å². The number of amides is 1. The minimum absolute atomic E-state index is 0.0259. The van der Waals surface area contributed by atoms with Crippen LogP contribution in [0.3, 0.4) is 0 Å². The minimum Gasteiger partial charge on any atom is -0.338 e. The fraction of sp³-hybridized carbons (Fsp3) is 0.692. The molecule has 1 heterocycles. The number of nitrogens with two attached hydrogens (primary N) is 1. The van der Waals surface area contributed by atoms with E-state index < -0.39 is 11.0 Å². The molecule has 0 aliphatic carbocycles. The predicted octanol–water partition coefficient (Wildman–Crippen LogP) is 1.14. The highest BCUT2D eigenvalue weighted by Gasteiger charge is 2.42. The zero-order valence-corrected chi connectivity index (χ0v) is 12.2. The average Bonchev–Trinajstić information content (AvgIpc) is 2.61. The van der Waals surface area contributed by atoms with E-state index in [2.05, 4.69) is 4.98 Å². The third kappa shape index (κ3) is 2.72. The number of hydrogen-bond donors (Lipinski definition) is 1. The summed E-state index contributed by atoms with van der Waals surface area (Å²) in [5.74, 6) is 0.884. The van der Waals surface area contributed by atoms with Gasteiger partial charge in [0.1, 0.15) is 5.82 Å².